The van der Waals surface area contributed by atoms with Gasteiger partial charge in [0.15, 0.2) is 0 Å². The first-order valence-corrected chi connectivity index (χ1v) is 7.91. The standard InChI is InChI=1S/C20H22O2/c21-18-14-19(13-7-10-16-8-3-1-4-9-16)22-20(15-18)17-11-5-2-6-12-17/h1-12,18-21H,13-15H2/b10-7+/t18-,19+,20+/m1/s1. The van der Waals surface area contributed by atoms with Gasteiger partial charge < -0.3 is 9.84 Å². The number of aliphatic hydroxyl groups is 1. The Labute approximate surface area is 132 Å². The van der Waals surface area contributed by atoms with Crippen molar-refractivity contribution in [3.05, 3.63) is 77.9 Å². The van der Waals surface area contributed by atoms with Crippen molar-refractivity contribution in [1.29, 1.82) is 0 Å². The van der Waals surface area contributed by atoms with Crippen LogP contribution in [0.4, 0.5) is 0 Å². The molecule has 22 heavy (non-hydrogen) atoms. The highest BCUT2D eigenvalue weighted by molar-refractivity contribution is 5.48. The van der Waals surface area contributed by atoms with Crippen molar-refractivity contribution in [2.75, 3.05) is 0 Å². The molecule has 2 aromatic rings. The van der Waals surface area contributed by atoms with Gasteiger partial charge in [-0.25, -0.2) is 0 Å². The van der Waals surface area contributed by atoms with E-state index >= 15 is 0 Å². The molecule has 3 atom stereocenters. The van der Waals surface area contributed by atoms with Crippen LogP contribution in [0.15, 0.2) is 66.7 Å². The van der Waals surface area contributed by atoms with Crippen LogP contribution in [0.3, 0.4) is 0 Å². The molecule has 1 heterocycles. The maximum absolute atomic E-state index is 10.1. The Kier molecular flexibility index (Phi) is 5.04. The van der Waals surface area contributed by atoms with Crippen LogP contribution in [0.5, 0.6) is 0 Å². The SMILES string of the molecule is O[C@@H]1C[C@H](C/C=C/c2ccccc2)O[C@H](c2ccccc2)C1. The molecule has 0 bridgehead atoms. The Bertz CT molecular complexity index is 592. The predicted molar refractivity (Wildman–Crippen MR) is 89.4 cm³/mol. The molecule has 1 aliphatic rings. The van der Waals surface area contributed by atoms with Gasteiger partial charge in [-0.1, -0.05) is 72.8 Å². The lowest BCUT2D eigenvalue weighted by atomic mass is 9.95. The van der Waals surface area contributed by atoms with Crippen molar-refractivity contribution < 1.29 is 9.84 Å². The maximum atomic E-state index is 10.1. The molecule has 2 aromatic carbocycles. The van der Waals surface area contributed by atoms with Crippen molar-refractivity contribution in [1.82, 2.24) is 0 Å². The summed E-state index contributed by atoms with van der Waals surface area (Å²) in [7, 11) is 0. The van der Waals surface area contributed by atoms with Crippen LogP contribution < -0.4 is 0 Å². The van der Waals surface area contributed by atoms with Crippen molar-refractivity contribution in [3.63, 3.8) is 0 Å². The minimum atomic E-state index is -0.283. The van der Waals surface area contributed by atoms with E-state index in [4.69, 9.17) is 4.74 Å². The average molecular weight is 294 g/mol. The van der Waals surface area contributed by atoms with Crippen LogP contribution in [0.2, 0.25) is 0 Å². The van der Waals surface area contributed by atoms with E-state index in [1.54, 1.807) is 0 Å². The first-order valence-electron chi connectivity index (χ1n) is 7.91. The third kappa shape index (κ3) is 4.06. The van der Waals surface area contributed by atoms with Crippen molar-refractivity contribution in [3.8, 4) is 0 Å². The van der Waals surface area contributed by atoms with Crippen LogP contribution in [0, 0.1) is 0 Å². The van der Waals surface area contributed by atoms with Gasteiger partial charge in [0.25, 0.3) is 0 Å². The number of hydrogen-bond donors (Lipinski definition) is 1. The Morgan fingerprint density at radius 2 is 1.64 bits per heavy atom. The molecule has 1 fully saturated rings. The van der Waals surface area contributed by atoms with Gasteiger partial charge in [0, 0.05) is 6.42 Å². The van der Waals surface area contributed by atoms with E-state index in [9.17, 15) is 5.11 Å². The smallest absolute Gasteiger partial charge is 0.0853 e. The Hall–Kier alpha value is -1.90. The fraction of sp³-hybridized carbons (Fsp3) is 0.300. The van der Waals surface area contributed by atoms with E-state index in [0.717, 1.165) is 12.0 Å². The van der Waals surface area contributed by atoms with Crippen LogP contribution in [-0.4, -0.2) is 17.3 Å². The summed E-state index contributed by atoms with van der Waals surface area (Å²) >= 11 is 0. The third-order valence-corrected chi connectivity index (χ3v) is 4.06. The highest BCUT2D eigenvalue weighted by Crippen LogP contribution is 2.32. The summed E-state index contributed by atoms with van der Waals surface area (Å²) in [5, 5.41) is 10.1. The first kappa shape index (κ1) is 15.0. The molecule has 3 rings (SSSR count). The van der Waals surface area contributed by atoms with Gasteiger partial charge >= 0.3 is 0 Å². The molecule has 0 spiro atoms. The molecule has 114 valence electrons. The van der Waals surface area contributed by atoms with E-state index in [1.165, 1.54) is 5.56 Å². The van der Waals surface area contributed by atoms with E-state index in [0.29, 0.717) is 12.8 Å². The second-order valence-electron chi connectivity index (χ2n) is 5.83. The summed E-state index contributed by atoms with van der Waals surface area (Å²) in [6.07, 6.45) is 6.27. The zero-order chi connectivity index (χ0) is 15.2. The van der Waals surface area contributed by atoms with Crippen molar-refractivity contribution in [2.24, 2.45) is 0 Å². The van der Waals surface area contributed by atoms with Gasteiger partial charge in [0.2, 0.25) is 0 Å². The van der Waals surface area contributed by atoms with E-state index in [-0.39, 0.29) is 18.3 Å². The molecule has 2 heteroatoms. The van der Waals surface area contributed by atoms with Crippen LogP contribution in [0.1, 0.15) is 36.5 Å². The molecule has 0 aromatic heterocycles. The van der Waals surface area contributed by atoms with Crippen LogP contribution >= 0.6 is 0 Å². The van der Waals surface area contributed by atoms with E-state index in [1.807, 2.05) is 36.4 Å². The zero-order valence-electron chi connectivity index (χ0n) is 12.6. The zero-order valence-corrected chi connectivity index (χ0v) is 12.6. The van der Waals surface area contributed by atoms with Gasteiger partial charge in [-0.3, -0.25) is 0 Å². The molecule has 0 amide bonds. The van der Waals surface area contributed by atoms with Crippen LogP contribution in [0.25, 0.3) is 6.08 Å². The van der Waals surface area contributed by atoms with Gasteiger partial charge in [-0.2, -0.15) is 0 Å². The predicted octanol–water partition coefficient (Wildman–Crippen LogP) is 4.37. The molecule has 0 aliphatic carbocycles. The largest absolute Gasteiger partial charge is 0.393 e. The molecule has 1 saturated heterocycles. The Morgan fingerprint density at radius 3 is 2.36 bits per heavy atom. The maximum Gasteiger partial charge on any atom is 0.0853 e. The van der Waals surface area contributed by atoms with Gasteiger partial charge in [0.05, 0.1) is 18.3 Å². The summed E-state index contributed by atoms with van der Waals surface area (Å²) in [4.78, 5) is 0. The third-order valence-electron chi connectivity index (χ3n) is 4.06. The van der Waals surface area contributed by atoms with E-state index < -0.39 is 0 Å². The fourth-order valence-corrected chi connectivity index (χ4v) is 2.94. The summed E-state index contributed by atoms with van der Waals surface area (Å²) in [6.45, 7) is 0. The normalized spacial score (nSPS) is 25.4. The highest BCUT2D eigenvalue weighted by Gasteiger charge is 2.28. The lowest BCUT2D eigenvalue weighted by Gasteiger charge is -2.33. The van der Waals surface area contributed by atoms with Crippen molar-refractivity contribution >= 4 is 6.08 Å². The number of benzene rings is 2. The van der Waals surface area contributed by atoms with E-state index in [2.05, 4.69) is 36.4 Å². The Balaban J connectivity index is 1.60. The molecule has 1 aliphatic heterocycles. The van der Waals surface area contributed by atoms with Crippen molar-refractivity contribution in [2.45, 2.75) is 37.6 Å². The second kappa shape index (κ2) is 7.39. The van der Waals surface area contributed by atoms with Gasteiger partial charge in [-0.05, 0) is 24.0 Å². The Morgan fingerprint density at radius 1 is 0.955 bits per heavy atom. The summed E-state index contributed by atoms with van der Waals surface area (Å²) in [5.74, 6) is 0. The summed E-state index contributed by atoms with van der Waals surface area (Å²) in [5.41, 5.74) is 2.34. The molecular formula is C20H22O2. The summed E-state index contributed by atoms with van der Waals surface area (Å²) < 4.78 is 6.17. The second-order valence-corrected chi connectivity index (χ2v) is 5.83. The highest BCUT2D eigenvalue weighted by atomic mass is 16.5. The number of aliphatic hydroxyl groups excluding tert-OH is 1. The lowest BCUT2D eigenvalue weighted by molar-refractivity contribution is -0.0957. The fourth-order valence-electron chi connectivity index (χ4n) is 2.94. The molecule has 0 radical (unpaired) electrons. The molecule has 0 saturated carbocycles. The van der Waals surface area contributed by atoms with Gasteiger partial charge in [0.1, 0.15) is 0 Å². The van der Waals surface area contributed by atoms with Gasteiger partial charge in [-0.15, -0.1) is 0 Å². The molecule has 2 nitrogen and oxygen atoms in total. The molecule has 1 N–H and O–H groups in total. The monoisotopic (exact) mass is 294 g/mol. The first-order chi connectivity index (χ1) is 10.8. The quantitative estimate of drug-likeness (QED) is 0.907. The molecule has 0 unspecified atom stereocenters. The topological polar surface area (TPSA) is 29.5 Å². The lowest BCUT2D eigenvalue weighted by Crippen LogP contribution is -2.31. The van der Waals surface area contributed by atoms with Crippen LogP contribution in [-0.2, 0) is 4.74 Å². The number of rotatable bonds is 4. The number of ether oxygens (including phenoxy) is 1. The minimum Gasteiger partial charge on any atom is -0.393 e. The summed E-state index contributed by atoms with van der Waals surface area (Å²) in [6, 6.07) is 20.4. The number of hydrogen-bond acceptors (Lipinski definition) is 2. The average Bonchev–Trinajstić information content (AvgIpc) is 2.56. The molecular weight excluding hydrogens is 272 g/mol. The minimum absolute atomic E-state index is 0.0000697.